The zero-order valence-corrected chi connectivity index (χ0v) is 25.5. The van der Waals surface area contributed by atoms with Crippen LogP contribution in [-0.4, -0.2) is 85.1 Å². The Morgan fingerprint density at radius 3 is 1.41 bits per heavy atom. The van der Waals surface area contributed by atoms with E-state index in [1.54, 1.807) is 41.7 Å². The van der Waals surface area contributed by atoms with Crippen LogP contribution in [0.2, 0.25) is 0 Å². The van der Waals surface area contributed by atoms with Gasteiger partial charge in [0.2, 0.25) is 0 Å². The third-order valence-electron chi connectivity index (χ3n) is 5.28. The van der Waals surface area contributed by atoms with Gasteiger partial charge in [0, 0.05) is 6.54 Å². The number of carbonyl (C=O) groups is 2. The third-order valence-corrected chi connectivity index (χ3v) is 5.28. The molecule has 2 aromatic carbocycles. The Morgan fingerprint density at radius 1 is 0.652 bits per heavy atom. The van der Waals surface area contributed by atoms with Crippen molar-refractivity contribution in [1.29, 1.82) is 0 Å². The Bertz CT molecular complexity index is 1210. The second kappa shape index (κ2) is 20.1. The highest BCUT2D eigenvalue weighted by atomic mass is 19.4. The maximum atomic E-state index is 11.9. The first kappa shape index (κ1) is 41.9. The molecule has 46 heavy (non-hydrogen) atoms. The van der Waals surface area contributed by atoms with Gasteiger partial charge in [-0.25, -0.2) is 4.79 Å². The summed E-state index contributed by atoms with van der Waals surface area (Å²) in [5.41, 5.74) is 1.63. The van der Waals surface area contributed by atoms with Crippen LogP contribution in [-0.2, 0) is 27.2 Å². The minimum Gasteiger partial charge on any atom is -0.493 e. The van der Waals surface area contributed by atoms with Crippen LogP contribution in [0.5, 0.6) is 23.0 Å². The third kappa shape index (κ3) is 17.4. The number of rotatable bonds is 12. The lowest BCUT2D eigenvalue weighted by Crippen LogP contribution is -2.37. The predicted octanol–water partition coefficient (Wildman–Crippen LogP) is 5.43. The van der Waals surface area contributed by atoms with Crippen molar-refractivity contribution in [2.24, 2.45) is 0 Å². The molecule has 0 spiro atoms. The molecule has 0 aliphatic carbocycles. The number of halogens is 9. The Labute approximate surface area is 259 Å². The van der Waals surface area contributed by atoms with Gasteiger partial charge in [0.15, 0.2) is 23.0 Å². The number of hydrogen-bond donors (Lipinski definition) is 2. The van der Waals surface area contributed by atoms with E-state index in [4.69, 9.17) is 18.9 Å². The van der Waals surface area contributed by atoms with E-state index in [1.165, 1.54) is 35.4 Å². The van der Waals surface area contributed by atoms with Gasteiger partial charge in [0.25, 0.3) is 0 Å². The van der Waals surface area contributed by atoms with Crippen molar-refractivity contribution in [2.75, 3.05) is 54.7 Å². The molecule has 0 unspecified atom stereocenters. The van der Waals surface area contributed by atoms with E-state index >= 15 is 0 Å². The van der Waals surface area contributed by atoms with Crippen LogP contribution in [0.4, 0.5) is 39.5 Å². The monoisotopic (exact) mass is 682 g/mol. The van der Waals surface area contributed by atoms with Gasteiger partial charge >= 0.3 is 30.4 Å². The summed E-state index contributed by atoms with van der Waals surface area (Å²) < 4.78 is 129. The fourth-order valence-electron chi connectivity index (χ4n) is 3.17. The molecule has 0 radical (unpaired) electrons. The molecule has 9 nitrogen and oxygen atoms in total. The topological polar surface area (TPSA) is 104 Å². The standard InChI is InChI=1S/C12H14F3NO3.C12H16F3NO2.C4H5F3O2/c1-18-9-4-3-8(7-10(9)19-2)5-6-16-11(17)12(13,14)15;1-17-10-4-3-9(7-11(10)18-2)5-6-16-8-12(13,14)15;1-2-9-3(8)4(5,6)7/h3-4,7H,5-6H2,1-2H3,(H,16,17);3-4,7,16H,5-6,8H2,1-2H3;2H2,1H3. The summed E-state index contributed by atoms with van der Waals surface area (Å²) in [6, 6.07) is 10.3. The smallest absolute Gasteiger partial charge is 0.490 e. The average Bonchev–Trinajstić information content (AvgIpc) is 2.98. The Morgan fingerprint density at radius 2 is 1.09 bits per heavy atom. The average molecular weight is 683 g/mol. The molecule has 262 valence electrons. The molecular formula is C28H35F9N2O7. The van der Waals surface area contributed by atoms with Gasteiger partial charge in [-0.15, -0.1) is 0 Å². The summed E-state index contributed by atoms with van der Waals surface area (Å²) >= 11 is 0. The minimum atomic E-state index is -4.85. The number of methoxy groups -OCH3 is 4. The summed E-state index contributed by atoms with van der Waals surface area (Å²) in [7, 11) is 6.00. The Kier molecular flexibility index (Phi) is 18.3. The van der Waals surface area contributed by atoms with E-state index < -0.39 is 37.0 Å². The molecule has 0 bridgehead atoms. The molecule has 2 aromatic rings. The summed E-state index contributed by atoms with van der Waals surface area (Å²) in [5, 5.41) is 4.14. The highest BCUT2D eigenvalue weighted by Crippen LogP contribution is 2.28. The number of alkyl halides is 9. The largest absolute Gasteiger partial charge is 0.493 e. The Balaban J connectivity index is 0.000000703. The van der Waals surface area contributed by atoms with E-state index in [2.05, 4.69) is 10.1 Å². The molecular weight excluding hydrogens is 647 g/mol. The first-order chi connectivity index (χ1) is 21.3. The molecule has 0 aliphatic heterocycles. The van der Waals surface area contributed by atoms with Crippen LogP contribution in [0, 0.1) is 0 Å². The van der Waals surface area contributed by atoms with E-state index in [0.29, 0.717) is 29.4 Å². The molecule has 18 heteroatoms. The van der Waals surface area contributed by atoms with Gasteiger partial charge in [-0.2, -0.15) is 39.5 Å². The second-order valence-electron chi connectivity index (χ2n) is 8.64. The second-order valence-corrected chi connectivity index (χ2v) is 8.64. The molecule has 0 aromatic heterocycles. The van der Waals surface area contributed by atoms with Crippen LogP contribution in [0.1, 0.15) is 18.1 Å². The minimum absolute atomic E-state index is 0.103. The molecule has 0 saturated heterocycles. The number of ether oxygens (including phenoxy) is 5. The molecule has 0 saturated carbocycles. The van der Waals surface area contributed by atoms with Crippen molar-refractivity contribution in [3.05, 3.63) is 47.5 Å². The van der Waals surface area contributed by atoms with Gasteiger partial charge < -0.3 is 34.3 Å². The van der Waals surface area contributed by atoms with E-state index in [9.17, 15) is 49.1 Å². The van der Waals surface area contributed by atoms with Crippen LogP contribution in [0.15, 0.2) is 36.4 Å². The van der Waals surface area contributed by atoms with E-state index in [-0.39, 0.29) is 26.1 Å². The van der Waals surface area contributed by atoms with Crippen molar-refractivity contribution in [3.63, 3.8) is 0 Å². The van der Waals surface area contributed by atoms with E-state index in [0.717, 1.165) is 11.1 Å². The molecule has 0 fully saturated rings. The number of carbonyl (C=O) groups excluding carboxylic acids is 2. The van der Waals surface area contributed by atoms with Crippen LogP contribution < -0.4 is 29.6 Å². The van der Waals surface area contributed by atoms with Crippen molar-refractivity contribution >= 4 is 11.9 Å². The maximum absolute atomic E-state index is 11.9. The molecule has 0 heterocycles. The first-order valence-electron chi connectivity index (χ1n) is 13.1. The van der Waals surface area contributed by atoms with Crippen molar-refractivity contribution < 1.29 is 72.8 Å². The van der Waals surface area contributed by atoms with Crippen molar-refractivity contribution in [2.45, 2.75) is 38.3 Å². The predicted molar refractivity (Wildman–Crippen MR) is 147 cm³/mol. The lowest BCUT2D eigenvalue weighted by Gasteiger charge is -2.10. The quantitative estimate of drug-likeness (QED) is 0.174. The number of hydrogen-bond acceptors (Lipinski definition) is 8. The fourth-order valence-corrected chi connectivity index (χ4v) is 3.17. The van der Waals surface area contributed by atoms with Gasteiger partial charge in [-0.1, -0.05) is 12.1 Å². The zero-order valence-electron chi connectivity index (χ0n) is 25.5. The summed E-state index contributed by atoms with van der Waals surface area (Å²) in [5.74, 6) is -1.87. The van der Waals surface area contributed by atoms with Crippen LogP contribution in [0.3, 0.4) is 0 Å². The highest BCUT2D eigenvalue weighted by molar-refractivity contribution is 5.81. The lowest BCUT2D eigenvalue weighted by atomic mass is 10.1. The van der Waals surface area contributed by atoms with Gasteiger partial charge in [-0.05, 0) is 61.7 Å². The number of esters is 1. The number of nitrogens with one attached hydrogen (secondary N) is 2. The molecule has 0 atom stereocenters. The summed E-state index contributed by atoms with van der Waals surface area (Å²) in [4.78, 5) is 20.3. The van der Waals surface area contributed by atoms with E-state index in [1.807, 2.05) is 0 Å². The molecule has 2 rings (SSSR count). The molecule has 1 amide bonds. The lowest BCUT2D eigenvalue weighted by molar-refractivity contribution is -0.199. The Hall–Kier alpha value is -4.09. The van der Waals surface area contributed by atoms with Gasteiger partial charge in [0.1, 0.15) is 0 Å². The van der Waals surface area contributed by atoms with Crippen molar-refractivity contribution in [3.8, 4) is 23.0 Å². The number of amides is 1. The van der Waals surface area contributed by atoms with Crippen LogP contribution >= 0.6 is 0 Å². The van der Waals surface area contributed by atoms with Crippen molar-refractivity contribution in [1.82, 2.24) is 10.6 Å². The van der Waals surface area contributed by atoms with Gasteiger partial charge in [0.05, 0.1) is 41.6 Å². The van der Waals surface area contributed by atoms with Gasteiger partial charge in [-0.3, -0.25) is 4.79 Å². The molecule has 0 aliphatic rings. The summed E-state index contributed by atoms with van der Waals surface area (Å²) in [6.07, 6.45) is -13.1. The SMILES string of the molecule is CCOC(=O)C(F)(F)F.COc1ccc(CCNC(=O)C(F)(F)F)cc1OC.COc1ccc(CCNCC(F)(F)F)cc1OC. The molecule has 2 N–H and O–H groups in total. The first-order valence-corrected chi connectivity index (χ1v) is 13.1. The highest BCUT2D eigenvalue weighted by Gasteiger charge is 2.40. The normalized spacial score (nSPS) is 11.2. The zero-order chi connectivity index (χ0) is 35.6. The van der Waals surface area contributed by atoms with Crippen LogP contribution in [0.25, 0.3) is 0 Å². The number of benzene rings is 2. The summed E-state index contributed by atoms with van der Waals surface area (Å²) in [6.45, 7) is 0.241. The fraction of sp³-hybridized carbons (Fsp3) is 0.500. The maximum Gasteiger partial charge on any atom is 0.490 e.